The fourth-order valence-corrected chi connectivity index (χ4v) is 3.37. The predicted octanol–water partition coefficient (Wildman–Crippen LogP) is 2.74. The molecule has 0 aliphatic rings. The summed E-state index contributed by atoms with van der Waals surface area (Å²) in [6.45, 7) is 5.88. The van der Waals surface area contributed by atoms with Gasteiger partial charge >= 0.3 is 6.09 Å². The second kappa shape index (κ2) is 8.31. The Labute approximate surface area is 138 Å². The second-order valence-electron chi connectivity index (χ2n) is 6.21. The van der Waals surface area contributed by atoms with Gasteiger partial charge in [-0.05, 0) is 50.8 Å². The summed E-state index contributed by atoms with van der Waals surface area (Å²) in [5.41, 5.74) is 0.534. The quantitative estimate of drug-likeness (QED) is 0.601. The van der Waals surface area contributed by atoms with Gasteiger partial charge in [-0.25, -0.2) is 17.9 Å². The minimum Gasteiger partial charge on any atom is -0.465 e. The van der Waals surface area contributed by atoms with Gasteiger partial charge in [0, 0.05) is 12.1 Å². The van der Waals surface area contributed by atoms with Crippen LogP contribution in [0.3, 0.4) is 0 Å². The summed E-state index contributed by atoms with van der Waals surface area (Å²) >= 11 is 0. The number of aryl methyl sites for hydroxylation is 1. The van der Waals surface area contributed by atoms with Crippen LogP contribution in [-0.4, -0.2) is 31.7 Å². The van der Waals surface area contributed by atoms with Gasteiger partial charge in [-0.2, -0.15) is 0 Å². The lowest BCUT2D eigenvalue weighted by Gasteiger charge is -2.24. The summed E-state index contributed by atoms with van der Waals surface area (Å²) in [5.74, 6) is 0. The molecule has 0 aromatic heterocycles. The van der Waals surface area contributed by atoms with E-state index in [4.69, 9.17) is 5.11 Å². The van der Waals surface area contributed by atoms with Crippen molar-refractivity contribution in [3.63, 3.8) is 0 Å². The molecule has 6 nitrogen and oxygen atoms in total. The topological polar surface area (TPSA) is 95.5 Å². The second-order valence-corrected chi connectivity index (χ2v) is 7.98. The van der Waals surface area contributed by atoms with Gasteiger partial charge in [0.15, 0.2) is 0 Å². The number of carboxylic acid groups (broad SMARTS) is 1. The molecule has 1 amide bonds. The third kappa shape index (κ3) is 7.00. The predicted molar refractivity (Wildman–Crippen MR) is 90.1 cm³/mol. The molecule has 0 spiro atoms. The van der Waals surface area contributed by atoms with Gasteiger partial charge in [-0.15, -0.1) is 0 Å². The van der Waals surface area contributed by atoms with Gasteiger partial charge < -0.3 is 10.4 Å². The molecule has 3 N–H and O–H groups in total. The Morgan fingerprint density at radius 1 is 1.22 bits per heavy atom. The summed E-state index contributed by atoms with van der Waals surface area (Å²) in [6.07, 6.45) is 1.95. The monoisotopic (exact) mass is 342 g/mol. The summed E-state index contributed by atoms with van der Waals surface area (Å²) in [4.78, 5) is 10.9. The molecule has 0 atom stereocenters. The van der Waals surface area contributed by atoms with E-state index in [1.165, 1.54) is 0 Å². The summed E-state index contributed by atoms with van der Waals surface area (Å²) < 4.78 is 26.9. The highest BCUT2D eigenvalue weighted by molar-refractivity contribution is 7.89. The molecule has 1 rings (SSSR count). The van der Waals surface area contributed by atoms with Crippen LogP contribution in [0.5, 0.6) is 0 Å². The molecule has 0 unspecified atom stereocenters. The molecule has 0 heterocycles. The van der Waals surface area contributed by atoms with Gasteiger partial charge in [0.05, 0.1) is 4.90 Å². The van der Waals surface area contributed by atoms with Crippen molar-refractivity contribution in [2.24, 2.45) is 0 Å². The van der Waals surface area contributed by atoms with Gasteiger partial charge in [0.1, 0.15) is 0 Å². The van der Waals surface area contributed by atoms with Gasteiger partial charge in [0.25, 0.3) is 0 Å². The molecule has 0 radical (unpaired) electrons. The fraction of sp³-hybridized carbons (Fsp3) is 0.562. The first-order valence-electron chi connectivity index (χ1n) is 7.76. The molecule has 0 aliphatic heterocycles. The molecule has 0 saturated heterocycles. The van der Waals surface area contributed by atoms with Crippen LogP contribution in [-0.2, 0) is 16.4 Å². The molecule has 0 aliphatic carbocycles. The highest BCUT2D eigenvalue weighted by Gasteiger charge is 2.20. The Bertz CT molecular complexity index is 609. The number of sulfonamides is 1. The van der Waals surface area contributed by atoms with Crippen molar-refractivity contribution in [2.75, 3.05) is 6.54 Å². The number of rotatable bonds is 9. The minimum absolute atomic E-state index is 0.250. The van der Waals surface area contributed by atoms with E-state index in [-0.39, 0.29) is 11.4 Å². The summed E-state index contributed by atoms with van der Waals surface area (Å²) in [5, 5.41) is 11.1. The first-order chi connectivity index (χ1) is 10.7. The van der Waals surface area contributed by atoms with Gasteiger partial charge in [-0.3, -0.25) is 0 Å². The molecule has 0 bridgehead atoms. The third-order valence-corrected chi connectivity index (χ3v) is 4.97. The number of benzene rings is 1. The zero-order chi connectivity index (χ0) is 17.5. The van der Waals surface area contributed by atoms with Crippen molar-refractivity contribution in [2.45, 2.75) is 56.9 Å². The molecule has 0 fully saturated rings. The lowest BCUT2D eigenvalue weighted by Crippen LogP contribution is -2.43. The Balaban J connectivity index is 2.51. The summed E-state index contributed by atoms with van der Waals surface area (Å²) in [6, 6.07) is 6.89. The Morgan fingerprint density at radius 2 is 1.83 bits per heavy atom. The van der Waals surface area contributed by atoms with Crippen LogP contribution in [0.4, 0.5) is 4.79 Å². The smallest absolute Gasteiger partial charge is 0.405 e. The van der Waals surface area contributed by atoms with Crippen LogP contribution in [0.2, 0.25) is 0 Å². The molecular formula is C16H26N2O4S. The van der Waals surface area contributed by atoms with E-state index in [1.54, 1.807) is 26.0 Å². The lowest BCUT2D eigenvalue weighted by molar-refractivity contribution is 0.180. The number of nitrogens with one attached hydrogen (secondary N) is 2. The SMILES string of the molecule is CCCc1ccc(S(=O)(=O)NCCCC(C)(C)NC(=O)O)cc1. The van der Waals surface area contributed by atoms with E-state index in [9.17, 15) is 13.2 Å². The molecule has 23 heavy (non-hydrogen) atoms. The summed E-state index contributed by atoms with van der Waals surface area (Å²) in [7, 11) is -3.52. The molecule has 1 aromatic rings. The van der Waals surface area contributed by atoms with Crippen molar-refractivity contribution >= 4 is 16.1 Å². The minimum atomic E-state index is -3.52. The zero-order valence-corrected chi connectivity index (χ0v) is 14.7. The highest BCUT2D eigenvalue weighted by Crippen LogP contribution is 2.13. The first kappa shape index (κ1) is 19.4. The molecule has 7 heteroatoms. The number of carbonyl (C=O) groups is 1. The Kier molecular flexibility index (Phi) is 7.02. The molecule has 1 aromatic carbocycles. The van der Waals surface area contributed by atoms with E-state index >= 15 is 0 Å². The molecule has 0 saturated carbocycles. The van der Waals surface area contributed by atoms with Crippen LogP contribution in [0.25, 0.3) is 0 Å². The van der Waals surface area contributed by atoms with E-state index in [1.807, 2.05) is 12.1 Å². The third-order valence-electron chi connectivity index (χ3n) is 3.49. The number of hydrogen-bond donors (Lipinski definition) is 3. The standard InChI is InChI=1S/C16H26N2O4S/c1-4-6-13-7-9-14(10-8-13)23(21,22)17-12-5-11-16(2,3)18-15(19)20/h7-10,17-18H,4-6,11-12H2,1-3H3,(H,19,20). The lowest BCUT2D eigenvalue weighted by atomic mass is 9.99. The largest absolute Gasteiger partial charge is 0.465 e. The average molecular weight is 342 g/mol. The van der Waals surface area contributed by atoms with Crippen molar-refractivity contribution in [1.82, 2.24) is 10.0 Å². The molecular weight excluding hydrogens is 316 g/mol. The van der Waals surface area contributed by atoms with Crippen molar-refractivity contribution in [1.29, 1.82) is 0 Å². The first-order valence-corrected chi connectivity index (χ1v) is 9.24. The maximum atomic E-state index is 12.2. The van der Waals surface area contributed by atoms with Crippen molar-refractivity contribution in [3.8, 4) is 0 Å². The van der Waals surface area contributed by atoms with Crippen LogP contribution in [0.15, 0.2) is 29.2 Å². The number of hydrogen-bond acceptors (Lipinski definition) is 3. The maximum Gasteiger partial charge on any atom is 0.405 e. The van der Waals surface area contributed by atoms with Crippen LogP contribution >= 0.6 is 0 Å². The number of amides is 1. The van der Waals surface area contributed by atoms with Crippen molar-refractivity contribution in [3.05, 3.63) is 29.8 Å². The zero-order valence-electron chi connectivity index (χ0n) is 13.9. The van der Waals surface area contributed by atoms with E-state index < -0.39 is 21.7 Å². The fourth-order valence-electron chi connectivity index (χ4n) is 2.30. The molecule has 130 valence electrons. The maximum absolute atomic E-state index is 12.2. The van der Waals surface area contributed by atoms with E-state index in [0.717, 1.165) is 18.4 Å². The van der Waals surface area contributed by atoms with Gasteiger partial charge in [-0.1, -0.05) is 25.5 Å². The van der Waals surface area contributed by atoms with Crippen LogP contribution in [0, 0.1) is 0 Å². The van der Waals surface area contributed by atoms with Crippen LogP contribution < -0.4 is 10.0 Å². The highest BCUT2D eigenvalue weighted by atomic mass is 32.2. The van der Waals surface area contributed by atoms with Gasteiger partial charge in [0.2, 0.25) is 10.0 Å². The van der Waals surface area contributed by atoms with E-state index in [0.29, 0.717) is 12.8 Å². The Hall–Kier alpha value is -1.60. The van der Waals surface area contributed by atoms with E-state index in [2.05, 4.69) is 17.0 Å². The Morgan fingerprint density at radius 3 is 2.35 bits per heavy atom. The average Bonchev–Trinajstić information content (AvgIpc) is 2.43. The van der Waals surface area contributed by atoms with Crippen molar-refractivity contribution < 1.29 is 18.3 Å². The normalized spacial score (nSPS) is 12.1. The van der Waals surface area contributed by atoms with Crippen LogP contribution in [0.1, 0.15) is 45.6 Å².